The van der Waals surface area contributed by atoms with E-state index in [-0.39, 0.29) is 38.8 Å². The molecular weight excluding hydrogens is 885 g/mol. The van der Waals surface area contributed by atoms with Crippen molar-refractivity contribution >= 4 is 87.5 Å². The zero-order valence-corrected chi connectivity index (χ0v) is 34.9. The second-order valence-corrected chi connectivity index (χ2v) is 16.8. The monoisotopic (exact) mass is 912 g/mol. The fraction of sp³-hybridized carbons (Fsp3) is 0.0357. The molecule has 9 aromatic carbocycles. The first-order valence-electron chi connectivity index (χ1n) is 21.4. The van der Waals surface area contributed by atoms with Crippen molar-refractivity contribution in [2.24, 2.45) is 0 Å². The van der Waals surface area contributed by atoms with Crippen molar-refractivity contribution in [2.45, 2.75) is 12.4 Å². The van der Waals surface area contributed by atoms with Crippen molar-refractivity contribution in [1.29, 1.82) is 0 Å². The number of alkyl halides is 6. The SMILES string of the molecule is Fc1ccc(-c2c(-n3c4ccccc4c4c5oc6ccccc6c5ccc43)c(-c3ccc(F)cc3)c(C(F)(F)F)c(-n3c4ccccc4c4c5oc6ccccc6c5ccc43)c2C(F)(F)F)cc1. The van der Waals surface area contributed by atoms with Crippen LogP contribution >= 0.6 is 0 Å². The summed E-state index contributed by atoms with van der Waals surface area (Å²) >= 11 is 0. The third kappa shape index (κ3) is 5.60. The Morgan fingerprint density at radius 1 is 0.338 bits per heavy atom. The van der Waals surface area contributed by atoms with E-state index in [1.54, 1.807) is 84.9 Å². The summed E-state index contributed by atoms with van der Waals surface area (Å²) in [5, 5.41) is 4.31. The summed E-state index contributed by atoms with van der Waals surface area (Å²) in [7, 11) is 0. The molecule has 0 radical (unpaired) electrons. The molecule has 0 saturated carbocycles. The molecule has 0 atom stereocenters. The predicted octanol–water partition coefficient (Wildman–Crippen LogP) is 17.3. The lowest BCUT2D eigenvalue weighted by Crippen LogP contribution is -2.23. The van der Waals surface area contributed by atoms with Crippen LogP contribution in [0.15, 0.2) is 179 Å². The minimum atomic E-state index is -5.53. The van der Waals surface area contributed by atoms with Crippen LogP contribution in [0.3, 0.4) is 0 Å². The van der Waals surface area contributed by atoms with Gasteiger partial charge in [-0.1, -0.05) is 97.1 Å². The quantitative estimate of drug-likeness (QED) is 0.165. The van der Waals surface area contributed by atoms with Crippen LogP contribution in [0.1, 0.15) is 11.1 Å². The van der Waals surface area contributed by atoms with Gasteiger partial charge in [-0.3, -0.25) is 0 Å². The summed E-state index contributed by atoms with van der Waals surface area (Å²) in [6.45, 7) is 0. The molecule has 0 unspecified atom stereocenters. The lowest BCUT2D eigenvalue weighted by molar-refractivity contribution is -0.142. The highest BCUT2D eigenvalue weighted by molar-refractivity contribution is 6.26. The number of hydrogen-bond acceptors (Lipinski definition) is 2. The first-order chi connectivity index (χ1) is 32.9. The number of aromatic nitrogens is 2. The van der Waals surface area contributed by atoms with Crippen molar-refractivity contribution < 1.29 is 44.0 Å². The molecule has 0 fully saturated rings. The van der Waals surface area contributed by atoms with E-state index in [0.717, 1.165) is 58.5 Å². The molecule has 0 aliphatic carbocycles. The van der Waals surface area contributed by atoms with E-state index in [1.165, 1.54) is 16.7 Å². The summed E-state index contributed by atoms with van der Waals surface area (Å²) < 4.78 is 147. The molecule has 0 N–H and O–H groups in total. The van der Waals surface area contributed by atoms with Crippen LogP contribution in [0.5, 0.6) is 0 Å². The van der Waals surface area contributed by atoms with Crippen LogP contribution in [-0.4, -0.2) is 9.13 Å². The second kappa shape index (κ2) is 14.1. The molecule has 13 aromatic rings. The van der Waals surface area contributed by atoms with Crippen LogP contribution in [0.4, 0.5) is 35.1 Å². The van der Waals surface area contributed by atoms with Gasteiger partial charge in [0.15, 0.2) is 0 Å². The summed E-state index contributed by atoms with van der Waals surface area (Å²) in [5.41, 5.74) is -4.69. The lowest BCUT2D eigenvalue weighted by Gasteiger charge is -2.31. The average Bonchev–Trinajstić information content (AvgIpc) is 4.08. The van der Waals surface area contributed by atoms with Crippen molar-refractivity contribution in [3.05, 3.63) is 193 Å². The second-order valence-electron chi connectivity index (χ2n) is 16.8. The first kappa shape index (κ1) is 39.9. The molecule has 0 bridgehead atoms. The first-order valence-corrected chi connectivity index (χ1v) is 21.4. The van der Waals surface area contributed by atoms with E-state index in [0.29, 0.717) is 54.5 Å². The van der Waals surface area contributed by atoms with Crippen LogP contribution in [0.2, 0.25) is 0 Å². The molecule has 0 aliphatic heterocycles. The maximum atomic E-state index is 17.0. The number of nitrogens with zero attached hydrogens (tertiary/aromatic N) is 2. The fourth-order valence-corrected chi connectivity index (χ4v) is 10.5. The minimum Gasteiger partial charge on any atom is -0.455 e. The van der Waals surface area contributed by atoms with Gasteiger partial charge in [-0.05, 0) is 83.9 Å². The van der Waals surface area contributed by atoms with Crippen LogP contribution in [-0.2, 0) is 12.4 Å². The largest absolute Gasteiger partial charge is 0.455 e. The van der Waals surface area contributed by atoms with Gasteiger partial charge in [-0.2, -0.15) is 26.3 Å². The molecule has 4 heterocycles. The number of benzene rings is 9. The van der Waals surface area contributed by atoms with Gasteiger partial charge in [0.2, 0.25) is 0 Å². The van der Waals surface area contributed by atoms with Gasteiger partial charge in [0.25, 0.3) is 0 Å². The normalized spacial score (nSPS) is 12.7. The average molecular weight is 913 g/mol. The summed E-state index contributed by atoms with van der Waals surface area (Å²) in [5.74, 6) is -1.56. The highest BCUT2D eigenvalue weighted by atomic mass is 19.4. The van der Waals surface area contributed by atoms with Gasteiger partial charge in [0, 0.05) is 43.4 Å². The molecule has 13 rings (SSSR count). The molecule has 0 saturated heterocycles. The Kier molecular flexibility index (Phi) is 8.26. The molecular formula is C56H28F8N2O2. The van der Waals surface area contributed by atoms with Gasteiger partial charge >= 0.3 is 12.4 Å². The van der Waals surface area contributed by atoms with Gasteiger partial charge in [0.1, 0.15) is 34.0 Å². The zero-order chi connectivity index (χ0) is 46.4. The number of rotatable bonds is 4. The van der Waals surface area contributed by atoms with Gasteiger partial charge in [-0.25, -0.2) is 8.78 Å². The summed E-state index contributed by atoms with van der Waals surface area (Å²) in [4.78, 5) is 0. The zero-order valence-electron chi connectivity index (χ0n) is 34.9. The van der Waals surface area contributed by atoms with E-state index in [4.69, 9.17) is 8.83 Å². The van der Waals surface area contributed by atoms with E-state index < -0.39 is 57.6 Å². The summed E-state index contributed by atoms with van der Waals surface area (Å²) in [6.07, 6.45) is -11.1. The molecule has 12 heteroatoms. The lowest BCUT2D eigenvalue weighted by atomic mass is 9.85. The number of hydrogen-bond donors (Lipinski definition) is 0. The maximum absolute atomic E-state index is 17.0. The number of halogens is 8. The Bertz CT molecular complexity index is 4160. The minimum absolute atomic E-state index is 0.000704. The number of furan rings is 2. The molecule has 0 spiro atoms. The highest BCUT2D eigenvalue weighted by Gasteiger charge is 2.49. The molecule has 0 aliphatic rings. The smallest absolute Gasteiger partial charge is 0.419 e. The molecule has 68 heavy (non-hydrogen) atoms. The molecule has 330 valence electrons. The van der Waals surface area contributed by atoms with Gasteiger partial charge in [-0.15, -0.1) is 0 Å². The Morgan fingerprint density at radius 3 is 1.12 bits per heavy atom. The van der Waals surface area contributed by atoms with Crippen LogP contribution in [0, 0.1) is 11.6 Å². The Hall–Kier alpha value is -8.38. The molecule has 4 nitrogen and oxygen atoms in total. The molecule has 4 aromatic heterocycles. The van der Waals surface area contributed by atoms with Crippen molar-refractivity contribution in [2.75, 3.05) is 0 Å². The van der Waals surface area contributed by atoms with Crippen LogP contribution < -0.4 is 0 Å². The van der Waals surface area contributed by atoms with E-state index in [2.05, 4.69) is 0 Å². The maximum Gasteiger partial charge on any atom is 0.419 e. The van der Waals surface area contributed by atoms with E-state index >= 15 is 26.3 Å². The van der Waals surface area contributed by atoms with E-state index in [9.17, 15) is 8.78 Å². The fourth-order valence-electron chi connectivity index (χ4n) is 10.5. The standard InChI is InChI=1S/C56H28F8N2O2/c57-31-21-17-29(18-22-31)45-49(55(59,60)61)52(66-40-14-6-2-12-38(40)48-42(66)28-26-36-34-10-4-8-16-44(34)68-54(36)48)50(56(62,63)64)46(30-19-23-32(58)24-20-30)51(45)65-39-13-5-1-11-37(39)47-41(65)27-25-35-33-9-3-7-15-43(33)67-53(35)47/h1-28H. The Labute approximate surface area is 378 Å². The van der Waals surface area contributed by atoms with Crippen molar-refractivity contribution in [3.63, 3.8) is 0 Å². The van der Waals surface area contributed by atoms with Gasteiger partial charge < -0.3 is 18.0 Å². The molecule has 0 amide bonds. The summed E-state index contributed by atoms with van der Waals surface area (Å²) in [6, 6.07) is 42.3. The Balaban J connectivity index is 1.32. The topological polar surface area (TPSA) is 36.1 Å². The highest BCUT2D eigenvalue weighted by Crippen LogP contribution is 2.57. The van der Waals surface area contributed by atoms with E-state index in [1.807, 2.05) is 24.3 Å². The predicted molar refractivity (Wildman–Crippen MR) is 250 cm³/mol. The van der Waals surface area contributed by atoms with Crippen molar-refractivity contribution in [3.8, 4) is 33.6 Å². The van der Waals surface area contributed by atoms with Crippen LogP contribution in [0.25, 0.3) is 121 Å². The Morgan fingerprint density at radius 2 is 0.706 bits per heavy atom. The van der Waals surface area contributed by atoms with Gasteiger partial charge in [0.05, 0.1) is 55.3 Å². The number of para-hydroxylation sites is 4. The number of fused-ring (bicyclic) bond motifs is 14. The third-order valence-electron chi connectivity index (χ3n) is 13.1. The van der Waals surface area contributed by atoms with Crippen molar-refractivity contribution in [1.82, 2.24) is 9.13 Å². The third-order valence-corrected chi connectivity index (χ3v) is 13.1.